The first-order chi connectivity index (χ1) is 10.2. The highest BCUT2D eigenvalue weighted by atomic mass is 35.5. The van der Waals surface area contributed by atoms with Crippen LogP contribution in [-0.4, -0.2) is 48.5 Å². The van der Waals surface area contributed by atoms with Crippen molar-refractivity contribution in [3.63, 3.8) is 0 Å². The van der Waals surface area contributed by atoms with E-state index in [0.717, 1.165) is 25.3 Å². The van der Waals surface area contributed by atoms with Crippen molar-refractivity contribution in [1.29, 1.82) is 0 Å². The number of likely N-dealkylation sites (tertiary alicyclic amines) is 1. The molecular weight excluding hydrogens is 338 g/mol. The molecule has 1 amide bonds. The molecule has 2 rings (SSSR count). The van der Waals surface area contributed by atoms with Gasteiger partial charge in [-0.15, -0.1) is 23.7 Å². The number of thiophene rings is 1. The smallest absolute Gasteiger partial charge is 0.237 e. The van der Waals surface area contributed by atoms with Gasteiger partial charge >= 0.3 is 0 Å². The lowest BCUT2D eigenvalue weighted by molar-refractivity contribution is -0.122. The van der Waals surface area contributed by atoms with E-state index in [9.17, 15) is 4.79 Å². The second-order valence-electron chi connectivity index (χ2n) is 5.41. The van der Waals surface area contributed by atoms with Crippen molar-refractivity contribution >= 4 is 41.4 Å². The van der Waals surface area contributed by atoms with E-state index in [0.29, 0.717) is 12.6 Å². The van der Waals surface area contributed by atoms with Crippen LogP contribution in [0.4, 0.5) is 0 Å². The maximum atomic E-state index is 12.1. The summed E-state index contributed by atoms with van der Waals surface area (Å²) < 4.78 is 0. The molecule has 2 unspecified atom stereocenters. The fourth-order valence-electron chi connectivity index (χ4n) is 2.65. The van der Waals surface area contributed by atoms with Gasteiger partial charge in [0.15, 0.2) is 0 Å². The quantitative estimate of drug-likeness (QED) is 0.745. The number of nitrogens with one attached hydrogen (secondary N) is 1. The van der Waals surface area contributed by atoms with E-state index in [2.05, 4.69) is 27.7 Å². The van der Waals surface area contributed by atoms with Gasteiger partial charge in [0.2, 0.25) is 5.91 Å². The van der Waals surface area contributed by atoms with Gasteiger partial charge in [-0.1, -0.05) is 6.07 Å². The summed E-state index contributed by atoms with van der Waals surface area (Å²) in [6.45, 7) is 2.90. The molecule has 22 heavy (non-hydrogen) atoms. The second kappa shape index (κ2) is 10.5. The number of rotatable bonds is 8. The molecule has 0 radical (unpaired) electrons. The van der Waals surface area contributed by atoms with Crippen LogP contribution in [0.2, 0.25) is 0 Å². The van der Waals surface area contributed by atoms with E-state index >= 15 is 0 Å². The van der Waals surface area contributed by atoms with Crippen molar-refractivity contribution in [3.05, 3.63) is 22.4 Å². The summed E-state index contributed by atoms with van der Waals surface area (Å²) in [5.74, 6) is 0.902. The minimum Gasteiger partial charge on any atom is -0.353 e. The average molecular weight is 364 g/mol. The van der Waals surface area contributed by atoms with Gasteiger partial charge in [-0.25, -0.2) is 0 Å². The van der Waals surface area contributed by atoms with E-state index in [-0.39, 0.29) is 24.4 Å². The Morgan fingerprint density at radius 1 is 1.50 bits per heavy atom. The summed E-state index contributed by atoms with van der Waals surface area (Å²) in [5.41, 5.74) is 5.93. The van der Waals surface area contributed by atoms with Crippen LogP contribution in [0.5, 0.6) is 0 Å². The van der Waals surface area contributed by atoms with Gasteiger partial charge in [0, 0.05) is 11.4 Å². The van der Waals surface area contributed by atoms with Crippen LogP contribution < -0.4 is 11.1 Å². The molecule has 0 aliphatic carbocycles. The van der Waals surface area contributed by atoms with Gasteiger partial charge < -0.3 is 11.1 Å². The number of halogens is 1. The molecule has 2 atom stereocenters. The number of carbonyl (C=O) groups excluding carboxylic acids is 1. The van der Waals surface area contributed by atoms with Crippen molar-refractivity contribution in [2.24, 2.45) is 5.73 Å². The van der Waals surface area contributed by atoms with Crippen molar-refractivity contribution < 1.29 is 4.79 Å². The standard InChI is InChI=1S/C15H25N3OS2.ClH/c1-20-10-6-12(16)15(19)17-11-13(14-5-4-9-21-14)18-7-2-3-8-18;/h4-5,9,12-13H,2-3,6-8,10-11,16H2,1H3,(H,17,19);1H. The maximum Gasteiger partial charge on any atom is 0.237 e. The lowest BCUT2D eigenvalue weighted by Crippen LogP contribution is -2.44. The van der Waals surface area contributed by atoms with Gasteiger partial charge in [-0.2, -0.15) is 11.8 Å². The van der Waals surface area contributed by atoms with Crippen LogP contribution in [0.3, 0.4) is 0 Å². The molecule has 7 heteroatoms. The molecule has 1 saturated heterocycles. The molecule has 126 valence electrons. The van der Waals surface area contributed by atoms with E-state index < -0.39 is 0 Å². The topological polar surface area (TPSA) is 58.4 Å². The molecule has 0 spiro atoms. The number of nitrogens with two attached hydrogens (primary N) is 1. The summed E-state index contributed by atoms with van der Waals surface area (Å²) in [6, 6.07) is 4.15. The SMILES string of the molecule is CSCCC(N)C(=O)NCC(c1cccs1)N1CCCC1.Cl. The third-order valence-electron chi connectivity index (χ3n) is 3.89. The normalized spacial score (nSPS) is 17.7. The zero-order valence-electron chi connectivity index (χ0n) is 13.0. The largest absolute Gasteiger partial charge is 0.353 e. The third-order valence-corrected chi connectivity index (χ3v) is 5.51. The first-order valence-electron chi connectivity index (χ1n) is 7.52. The minimum atomic E-state index is -0.389. The molecule has 4 nitrogen and oxygen atoms in total. The monoisotopic (exact) mass is 363 g/mol. The van der Waals surface area contributed by atoms with E-state index in [1.54, 1.807) is 23.1 Å². The van der Waals surface area contributed by atoms with Crippen LogP contribution in [-0.2, 0) is 4.79 Å². The van der Waals surface area contributed by atoms with Crippen molar-refractivity contribution in [1.82, 2.24) is 10.2 Å². The molecule has 1 aliphatic heterocycles. The van der Waals surface area contributed by atoms with Gasteiger partial charge in [0.05, 0.1) is 12.1 Å². The Labute approximate surface area is 147 Å². The molecular formula is C15H26ClN3OS2. The third kappa shape index (κ3) is 5.74. The highest BCUT2D eigenvalue weighted by molar-refractivity contribution is 7.98. The van der Waals surface area contributed by atoms with Gasteiger partial charge in [-0.3, -0.25) is 9.69 Å². The number of thioether (sulfide) groups is 1. The average Bonchev–Trinajstić information content (AvgIpc) is 3.18. The Morgan fingerprint density at radius 3 is 2.82 bits per heavy atom. The van der Waals surface area contributed by atoms with Crippen molar-refractivity contribution in [3.8, 4) is 0 Å². The number of hydrogen-bond donors (Lipinski definition) is 2. The fraction of sp³-hybridized carbons (Fsp3) is 0.667. The first kappa shape index (κ1) is 19.8. The molecule has 0 bridgehead atoms. The summed E-state index contributed by atoms with van der Waals surface area (Å²) in [4.78, 5) is 15.9. The second-order valence-corrected chi connectivity index (χ2v) is 7.37. The lowest BCUT2D eigenvalue weighted by atomic mass is 10.2. The maximum absolute atomic E-state index is 12.1. The molecule has 1 aromatic rings. The van der Waals surface area contributed by atoms with Crippen molar-refractivity contribution in [2.45, 2.75) is 31.3 Å². The highest BCUT2D eigenvalue weighted by Gasteiger charge is 2.25. The number of nitrogens with zero attached hydrogens (tertiary/aromatic N) is 1. The van der Waals surface area contributed by atoms with Crippen molar-refractivity contribution in [2.75, 3.05) is 31.6 Å². The molecule has 0 aromatic carbocycles. The zero-order chi connectivity index (χ0) is 15.1. The van der Waals surface area contributed by atoms with E-state index in [1.165, 1.54) is 17.7 Å². The molecule has 1 aromatic heterocycles. The van der Waals surface area contributed by atoms with Gasteiger partial charge in [0.25, 0.3) is 0 Å². The molecule has 2 heterocycles. The highest BCUT2D eigenvalue weighted by Crippen LogP contribution is 2.27. The Bertz CT molecular complexity index is 424. The Hall–Kier alpha value is -0.270. The fourth-order valence-corrected chi connectivity index (χ4v) is 4.00. The van der Waals surface area contributed by atoms with Crippen LogP contribution in [0.25, 0.3) is 0 Å². The Kier molecular flexibility index (Phi) is 9.43. The zero-order valence-corrected chi connectivity index (χ0v) is 15.4. The Morgan fingerprint density at radius 2 is 2.23 bits per heavy atom. The number of carbonyl (C=O) groups is 1. The minimum absolute atomic E-state index is 0. The van der Waals surface area contributed by atoms with Crippen LogP contribution in [0, 0.1) is 0 Å². The lowest BCUT2D eigenvalue weighted by Gasteiger charge is -2.27. The molecule has 1 fully saturated rings. The van der Waals surface area contributed by atoms with Gasteiger partial charge in [0.1, 0.15) is 0 Å². The van der Waals surface area contributed by atoms with E-state index in [4.69, 9.17) is 5.73 Å². The van der Waals surface area contributed by atoms with Crippen LogP contribution in [0.15, 0.2) is 17.5 Å². The van der Waals surface area contributed by atoms with Gasteiger partial charge in [-0.05, 0) is 55.8 Å². The summed E-state index contributed by atoms with van der Waals surface area (Å²) >= 11 is 3.49. The predicted octanol–water partition coefficient (Wildman–Crippen LogP) is 2.50. The predicted molar refractivity (Wildman–Crippen MR) is 99.1 cm³/mol. The number of hydrogen-bond acceptors (Lipinski definition) is 5. The molecule has 0 saturated carbocycles. The van der Waals surface area contributed by atoms with Crippen LogP contribution in [0.1, 0.15) is 30.2 Å². The number of amides is 1. The summed E-state index contributed by atoms with van der Waals surface area (Å²) in [7, 11) is 0. The summed E-state index contributed by atoms with van der Waals surface area (Å²) in [5, 5.41) is 5.15. The van der Waals surface area contributed by atoms with Crippen LogP contribution >= 0.6 is 35.5 Å². The summed E-state index contributed by atoms with van der Waals surface area (Å²) in [6.07, 6.45) is 5.28. The first-order valence-corrected chi connectivity index (χ1v) is 9.79. The molecule has 1 aliphatic rings. The Balaban J connectivity index is 0.00000242. The molecule has 3 N–H and O–H groups in total. The van der Waals surface area contributed by atoms with E-state index in [1.807, 2.05) is 6.26 Å².